The topological polar surface area (TPSA) is 35.5 Å². The van der Waals surface area contributed by atoms with Crippen LogP contribution in [0.5, 0.6) is 5.75 Å². The van der Waals surface area contributed by atoms with Crippen LogP contribution in [0.1, 0.15) is 12.5 Å². The van der Waals surface area contributed by atoms with Gasteiger partial charge in [-0.3, -0.25) is 0 Å². The number of hydrogen-bond donors (Lipinski definition) is 0. The Labute approximate surface area is 101 Å². The number of aryl methyl sites for hydroxylation is 1. The highest BCUT2D eigenvalue weighted by molar-refractivity contribution is 7.54. The van der Waals surface area contributed by atoms with Crippen LogP contribution in [0.4, 0.5) is 0 Å². The lowest BCUT2D eigenvalue weighted by molar-refractivity contribution is 0.280. The van der Waals surface area contributed by atoms with E-state index < -0.39 is 7.60 Å². The molecule has 0 N–H and O–H groups in total. The molecule has 1 aromatic rings. The predicted molar refractivity (Wildman–Crippen MR) is 66.6 cm³/mol. The van der Waals surface area contributed by atoms with Crippen molar-refractivity contribution in [3.05, 3.63) is 29.8 Å². The minimum absolute atomic E-state index is 0.219. The molecule has 3 nitrogen and oxygen atoms in total. The Balaban J connectivity index is 2.75. The number of hydrogen-bond acceptors (Lipinski definition) is 3. The Morgan fingerprint density at radius 2 is 1.94 bits per heavy atom. The van der Waals surface area contributed by atoms with Crippen LogP contribution in [0, 0.1) is 6.92 Å². The summed E-state index contributed by atoms with van der Waals surface area (Å²) in [5, 5.41) is 0. The van der Waals surface area contributed by atoms with Gasteiger partial charge >= 0.3 is 7.60 Å². The molecule has 0 aromatic heterocycles. The predicted octanol–water partition coefficient (Wildman–Crippen LogP) is 3.84. The molecule has 5 heteroatoms. The van der Waals surface area contributed by atoms with E-state index in [1.807, 2.05) is 19.1 Å². The minimum Gasteiger partial charge on any atom is -0.424 e. The van der Waals surface area contributed by atoms with Gasteiger partial charge in [0.25, 0.3) is 0 Å². The fourth-order valence-electron chi connectivity index (χ4n) is 1.20. The maximum absolute atomic E-state index is 12.1. The third-order valence-electron chi connectivity index (χ3n) is 1.95. The van der Waals surface area contributed by atoms with Crippen LogP contribution in [0.2, 0.25) is 0 Å². The van der Waals surface area contributed by atoms with Crippen LogP contribution < -0.4 is 4.52 Å². The van der Waals surface area contributed by atoms with Crippen molar-refractivity contribution < 1.29 is 13.6 Å². The second kappa shape index (κ2) is 6.29. The molecule has 1 unspecified atom stereocenters. The third-order valence-corrected chi connectivity index (χ3v) is 4.31. The third kappa shape index (κ3) is 4.17. The average molecular weight is 263 g/mol. The van der Waals surface area contributed by atoms with Crippen molar-refractivity contribution in [2.45, 2.75) is 13.8 Å². The Morgan fingerprint density at radius 1 is 1.31 bits per heavy atom. The zero-order valence-electron chi connectivity index (χ0n) is 9.48. The van der Waals surface area contributed by atoms with Crippen LogP contribution in [0.15, 0.2) is 24.3 Å². The van der Waals surface area contributed by atoms with E-state index in [4.69, 9.17) is 20.6 Å². The van der Waals surface area contributed by atoms with E-state index in [0.717, 1.165) is 5.56 Å². The number of halogens is 1. The molecule has 0 saturated heterocycles. The second-order valence-corrected chi connectivity index (χ2v) is 5.83. The first-order valence-electron chi connectivity index (χ1n) is 5.15. The fraction of sp³-hybridized carbons (Fsp3) is 0.455. The van der Waals surface area contributed by atoms with Crippen molar-refractivity contribution in [1.29, 1.82) is 0 Å². The van der Waals surface area contributed by atoms with E-state index in [9.17, 15) is 4.57 Å². The van der Waals surface area contributed by atoms with Crippen LogP contribution in [0.25, 0.3) is 0 Å². The summed E-state index contributed by atoms with van der Waals surface area (Å²) in [6.07, 6.45) is 0.219. The molecule has 0 aliphatic heterocycles. The summed E-state index contributed by atoms with van der Waals surface area (Å²) in [6, 6.07) is 7.34. The van der Waals surface area contributed by atoms with E-state index >= 15 is 0 Å². The smallest absolute Gasteiger partial charge is 0.380 e. The summed E-state index contributed by atoms with van der Waals surface area (Å²) in [5.74, 6) is 0.802. The highest BCUT2D eigenvalue weighted by atomic mass is 35.5. The van der Waals surface area contributed by atoms with Gasteiger partial charge in [-0.2, -0.15) is 0 Å². The first-order chi connectivity index (χ1) is 7.59. The quantitative estimate of drug-likeness (QED) is 0.577. The Morgan fingerprint density at radius 3 is 2.44 bits per heavy atom. The summed E-state index contributed by atoms with van der Waals surface area (Å²) in [6.45, 7) is 4.10. The fourth-order valence-corrected chi connectivity index (χ4v) is 3.13. The summed E-state index contributed by atoms with van der Waals surface area (Å²) < 4.78 is 22.7. The molecule has 0 amide bonds. The summed E-state index contributed by atoms with van der Waals surface area (Å²) in [5.41, 5.74) is 1.12. The van der Waals surface area contributed by atoms with E-state index in [2.05, 4.69) is 0 Å². The van der Waals surface area contributed by atoms with E-state index in [0.29, 0.717) is 12.4 Å². The molecule has 1 atom stereocenters. The Hall–Kier alpha value is -0.500. The second-order valence-electron chi connectivity index (χ2n) is 3.35. The van der Waals surface area contributed by atoms with Crippen molar-refractivity contribution in [2.75, 3.05) is 18.6 Å². The molecule has 1 rings (SSSR count). The first kappa shape index (κ1) is 13.6. The lowest BCUT2D eigenvalue weighted by Crippen LogP contribution is -2.03. The molecule has 0 aliphatic rings. The van der Waals surface area contributed by atoms with Gasteiger partial charge in [0.05, 0.1) is 12.8 Å². The van der Waals surface area contributed by atoms with Crippen molar-refractivity contribution in [3.8, 4) is 5.75 Å². The first-order valence-corrected chi connectivity index (χ1v) is 7.41. The molecule has 16 heavy (non-hydrogen) atoms. The van der Waals surface area contributed by atoms with Gasteiger partial charge in [-0.15, -0.1) is 11.6 Å². The number of alkyl halides is 1. The number of rotatable bonds is 6. The van der Waals surface area contributed by atoms with Crippen LogP contribution in [0.3, 0.4) is 0 Å². The van der Waals surface area contributed by atoms with Gasteiger partial charge in [-0.1, -0.05) is 17.7 Å². The van der Waals surface area contributed by atoms with Gasteiger partial charge in [0, 0.05) is 5.88 Å². The van der Waals surface area contributed by atoms with Crippen LogP contribution in [-0.4, -0.2) is 18.6 Å². The van der Waals surface area contributed by atoms with Crippen LogP contribution >= 0.6 is 19.2 Å². The average Bonchev–Trinajstić information content (AvgIpc) is 2.22. The lowest BCUT2D eigenvalue weighted by Gasteiger charge is -2.17. The SMILES string of the molecule is CCOP(=O)(CCCl)Oc1ccc(C)cc1. The molecule has 1 aromatic carbocycles. The van der Waals surface area contributed by atoms with E-state index in [1.54, 1.807) is 19.1 Å². The lowest BCUT2D eigenvalue weighted by atomic mass is 10.2. The molecule has 0 spiro atoms. The summed E-state index contributed by atoms with van der Waals surface area (Å²) >= 11 is 5.58. The monoisotopic (exact) mass is 262 g/mol. The van der Waals surface area contributed by atoms with Crippen molar-refractivity contribution in [3.63, 3.8) is 0 Å². The van der Waals surface area contributed by atoms with Crippen molar-refractivity contribution >= 4 is 19.2 Å². The highest BCUT2D eigenvalue weighted by Gasteiger charge is 2.24. The normalized spacial score (nSPS) is 14.4. The molecule has 90 valence electrons. The molecular formula is C11H16ClO3P. The van der Waals surface area contributed by atoms with Gasteiger partial charge in [0.2, 0.25) is 0 Å². The minimum atomic E-state index is -3.09. The standard InChI is InChI=1S/C11H16ClO3P/c1-3-14-16(13,9-8-12)15-11-6-4-10(2)5-7-11/h4-7H,3,8-9H2,1-2H3. The van der Waals surface area contributed by atoms with E-state index in [-0.39, 0.29) is 12.0 Å². The molecule has 0 bridgehead atoms. The maximum atomic E-state index is 12.1. The van der Waals surface area contributed by atoms with Gasteiger partial charge in [0.15, 0.2) is 0 Å². The van der Waals surface area contributed by atoms with Gasteiger partial charge in [-0.05, 0) is 26.0 Å². The largest absolute Gasteiger partial charge is 0.424 e. The highest BCUT2D eigenvalue weighted by Crippen LogP contribution is 2.48. The van der Waals surface area contributed by atoms with E-state index in [1.165, 1.54) is 0 Å². The number of benzene rings is 1. The molecule has 0 heterocycles. The van der Waals surface area contributed by atoms with Crippen molar-refractivity contribution in [2.24, 2.45) is 0 Å². The molecule has 0 fully saturated rings. The molecule has 0 radical (unpaired) electrons. The Kier molecular flexibility index (Phi) is 5.33. The van der Waals surface area contributed by atoms with Crippen molar-refractivity contribution in [1.82, 2.24) is 0 Å². The molecule has 0 saturated carbocycles. The summed E-state index contributed by atoms with van der Waals surface area (Å²) in [7, 11) is -3.09. The van der Waals surface area contributed by atoms with Crippen LogP contribution in [-0.2, 0) is 9.09 Å². The Bertz CT molecular complexity index is 354. The van der Waals surface area contributed by atoms with Gasteiger partial charge in [0.1, 0.15) is 5.75 Å². The molecule has 0 aliphatic carbocycles. The molecular weight excluding hydrogens is 247 g/mol. The zero-order valence-corrected chi connectivity index (χ0v) is 11.1. The zero-order chi connectivity index (χ0) is 12.0. The van der Waals surface area contributed by atoms with Gasteiger partial charge < -0.3 is 9.05 Å². The summed E-state index contributed by atoms with van der Waals surface area (Å²) in [4.78, 5) is 0. The van der Waals surface area contributed by atoms with Gasteiger partial charge in [-0.25, -0.2) is 4.57 Å². The maximum Gasteiger partial charge on any atom is 0.380 e.